The van der Waals surface area contributed by atoms with E-state index in [0.717, 1.165) is 18.6 Å². The summed E-state index contributed by atoms with van der Waals surface area (Å²) in [5, 5.41) is 3.44. The number of hydrogen-bond donors (Lipinski definition) is 1. The van der Waals surface area contributed by atoms with Crippen LogP contribution in [0.2, 0.25) is 0 Å². The summed E-state index contributed by atoms with van der Waals surface area (Å²) in [5.41, 5.74) is 5.47. The van der Waals surface area contributed by atoms with Gasteiger partial charge in [0.25, 0.3) is 0 Å². The Labute approximate surface area is 128 Å². The van der Waals surface area contributed by atoms with Gasteiger partial charge in [0, 0.05) is 6.04 Å². The topological polar surface area (TPSA) is 21.3 Å². The standard InChI is InChI=1S/C19H25NO/c1-14-5-6-15(2)17(11-14)13-18(20-3)12-16-7-9-19(21-4)10-8-16/h5-11,18,20H,12-13H2,1-4H3. The maximum absolute atomic E-state index is 5.21. The van der Waals surface area contributed by atoms with Crippen LogP contribution in [0.1, 0.15) is 22.3 Å². The van der Waals surface area contributed by atoms with Gasteiger partial charge in [-0.25, -0.2) is 0 Å². The van der Waals surface area contributed by atoms with Gasteiger partial charge in [0.15, 0.2) is 0 Å². The SMILES string of the molecule is CNC(Cc1ccc(OC)cc1)Cc1cc(C)ccc1C. The second kappa shape index (κ2) is 7.28. The summed E-state index contributed by atoms with van der Waals surface area (Å²) in [7, 11) is 3.74. The maximum atomic E-state index is 5.21. The quantitative estimate of drug-likeness (QED) is 0.873. The number of rotatable bonds is 6. The largest absolute Gasteiger partial charge is 0.497 e. The smallest absolute Gasteiger partial charge is 0.118 e. The lowest BCUT2D eigenvalue weighted by Crippen LogP contribution is -2.30. The van der Waals surface area contributed by atoms with E-state index in [9.17, 15) is 0 Å². The average molecular weight is 283 g/mol. The monoisotopic (exact) mass is 283 g/mol. The summed E-state index contributed by atoms with van der Waals surface area (Å²) >= 11 is 0. The van der Waals surface area contributed by atoms with Crippen molar-refractivity contribution in [3.05, 3.63) is 64.7 Å². The second-order valence-electron chi connectivity index (χ2n) is 5.67. The van der Waals surface area contributed by atoms with Gasteiger partial charge in [0.2, 0.25) is 0 Å². The zero-order valence-corrected chi connectivity index (χ0v) is 13.4. The first kappa shape index (κ1) is 15.6. The van der Waals surface area contributed by atoms with E-state index in [1.807, 2.05) is 19.2 Å². The first-order valence-corrected chi connectivity index (χ1v) is 7.48. The number of nitrogens with one attached hydrogen (secondary N) is 1. The van der Waals surface area contributed by atoms with E-state index in [1.54, 1.807) is 7.11 Å². The van der Waals surface area contributed by atoms with Crippen LogP contribution in [0.3, 0.4) is 0 Å². The molecule has 21 heavy (non-hydrogen) atoms. The molecule has 0 saturated heterocycles. The van der Waals surface area contributed by atoms with Crippen LogP contribution in [0.4, 0.5) is 0 Å². The number of aryl methyl sites for hydroxylation is 2. The number of ether oxygens (including phenoxy) is 1. The van der Waals surface area contributed by atoms with E-state index in [0.29, 0.717) is 6.04 Å². The molecule has 0 bridgehead atoms. The minimum absolute atomic E-state index is 0.443. The lowest BCUT2D eigenvalue weighted by molar-refractivity contribution is 0.414. The van der Waals surface area contributed by atoms with Crippen LogP contribution in [0.5, 0.6) is 5.75 Å². The summed E-state index contributed by atoms with van der Waals surface area (Å²) in [6.07, 6.45) is 2.07. The van der Waals surface area contributed by atoms with Crippen LogP contribution < -0.4 is 10.1 Å². The summed E-state index contributed by atoms with van der Waals surface area (Å²) in [6.45, 7) is 4.34. The zero-order valence-electron chi connectivity index (χ0n) is 13.4. The fraction of sp³-hybridized carbons (Fsp3) is 0.368. The molecule has 0 fully saturated rings. The highest BCUT2D eigenvalue weighted by molar-refractivity contribution is 5.32. The second-order valence-corrected chi connectivity index (χ2v) is 5.67. The third kappa shape index (κ3) is 4.33. The Bertz CT molecular complexity index is 575. The molecule has 2 rings (SSSR count). The molecule has 0 spiro atoms. The first-order chi connectivity index (χ1) is 10.1. The van der Waals surface area contributed by atoms with Crippen molar-refractivity contribution < 1.29 is 4.74 Å². The Balaban J connectivity index is 2.07. The van der Waals surface area contributed by atoms with E-state index < -0.39 is 0 Å². The van der Waals surface area contributed by atoms with Crippen molar-refractivity contribution in [1.82, 2.24) is 5.32 Å². The Morgan fingerprint density at radius 2 is 1.71 bits per heavy atom. The van der Waals surface area contributed by atoms with Gasteiger partial charge in [0.1, 0.15) is 5.75 Å². The predicted molar refractivity (Wildman–Crippen MR) is 89.2 cm³/mol. The molecule has 2 nitrogen and oxygen atoms in total. The highest BCUT2D eigenvalue weighted by Gasteiger charge is 2.10. The Morgan fingerprint density at radius 1 is 1.00 bits per heavy atom. The van der Waals surface area contributed by atoms with Crippen LogP contribution in [0.25, 0.3) is 0 Å². The van der Waals surface area contributed by atoms with Gasteiger partial charge in [-0.3, -0.25) is 0 Å². The summed E-state index contributed by atoms with van der Waals surface area (Å²) in [5.74, 6) is 0.911. The van der Waals surface area contributed by atoms with Crippen molar-refractivity contribution in [1.29, 1.82) is 0 Å². The highest BCUT2D eigenvalue weighted by Crippen LogP contribution is 2.17. The molecule has 2 aromatic rings. The molecular formula is C19H25NO. The molecule has 1 atom stereocenters. The molecule has 0 aromatic heterocycles. The minimum Gasteiger partial charge on any atom is -0.497 e. The molecule has 1 N–H and O–H groups in total. The van der Waals surface area contributed by atoms with Gasteiger partial charge in [0.05, 0.1) is 7.11 Å². The molecule has 0 radical (unpaired) electrons. The molecule has 0 amide bonds. The van der Waals surface area contributed by atoms with Crippen LogP contribution >= 0.6 is 0 Å². The van der Waals surface area contributed by atoms with Gasteiger partial charge in [-0.2, -0.15) is 0 Å². The normalized spacial score (nSPS) is 12.2. The van der Waals surface area contributed by atoms with Crippen molar-refractivity contribution in [3.63, 3.8) is 0 Å². The van der Waals surface area contributed by atoms with E-state index >= 15 is 0 Å². The lowest BCUT2D eigenvalue weighted by Gasteiger charge is -2.18. The highest BCUT2D eigenvalue weighted by atomic mass is 16.5. The summed E-state index contributed by atoms with van der Waals surface area (Å²) in [4.78, 5) is 0. The molecule has 0 aliphatic rings. The van der Waals surface area contributed by atoms with E-state index in [4.69, 9.17) is 4.74 Å². The van der Waals surface area contributed by atoms with Gasteiger partial charge in [-0.1, -0.05) is 35.9 Å². The fourth-order valence-corrected chi connectivity index (χ4v) is 2.61. The van der Waals surface area contributed by atoms with Crippen LogP contribution in [0.15, 0.2) is 42.5 Å². The molecule has 112 valence electrons. The summed E-state index contributed by atoms with van der Waals surface area (Å²) in [6, 6.07) is 15.5. The fourth-order valence-electron chi connectivity index (χ4n) is 2.61. The molecule has 0 aliphatic carbocycles. The number of hydrogen-bond acceptors (Lipinski definition) is 2. The van der Waals surface area contributed by atoms with E-state index in [-0.39, 0.29) is 0 Å². The van der Waals surface area contributed by atoms with Crippen molar-refractivity contribution in [2.75, 3.05) is 14.2 Å². The van der Waals surface area contributed by atoms with Crippen LogP contribution in [-0.4, -0.2) is 20.2 Å². The van der Waals surface area contributed by atoms with Gasteiger partial charge < -0.3 is 10.1 Å². The Hall–Kier alpha value is -1.80. The molecular weight excluding hydrogens is 258 g/mol. The third-order valence-corrected chi connectivity index (χ3v) is 4.02. The average Bonchev–Trinajstić information content (AvgIpc) is 2.51. The molecule has 2 aromatic carbocycles. The van der Waals surface area contributed by atoms with Crippen molar-refractivity contribution in [2.24, 2.45) is 0 Å². The number of likely N-dealkylation sites (N-methyl/N-ethyl adjacent to an activating group) is 1. The first-order valence-electron chi connectivity index (χ1n) is 7.48. The maximum Gasteiger partial charge on any atom is 0.118 e. The summed E-state index contributed by atoms with van der Waals surface area (Å²) < 4.78 is 5.21. The van der Waals surface area contributed by atoms with Gasteiger partial charge >= 0.3 is 0 Å². The van der Waals surface area contributed by atoms with Crippen molar-refractivity contribution in [2.45, 2.75) is 32.7 Å². The predicted octanol–water partition coefficient (Wildman–Crippen LogP) is 3.69. The third-order valence-electron chi connectivity index (χ3n) is 4.02. The minimum atomic E-state index is 0.443. The molecule has 0 heterocycles. The molecule has 2 heteroatoms. The zero-order chi connectivity index (χ0) is 15.2. The van der Waals surface area contributed by atoms with Crippen LogP contribution in [0, 0.1) is 13.8 Å². The van der Waals surface area contributed by atoms with E-state index in [2.05, 4.69) is 49.5 Å². The van der Waals surface area contributed by atoms with Gasteiger partial charge in [-0.15, -0.1) is 0 Å². The Kier molecular flexibility index (Phi) is 5.40. The number of benzene rings is 2. The number of methoxy groups -OCH3 is 1. The van der Waals surface area contributed by atoms with E-state index in [1.165, 1.54) is 22.3 Å². The Morgan fingerprint density at radius 3 is 2.33 bits per heavy atom. The molecule has 1 unspecified atom stereocenters. The van der Waals surface area contributed by atoms with Crippen molar-refractivity contribution in [3.8, 4) is 5.75 Å². The molecule has 0 saturated carbocycles. The van der Waals surface area contributed by atoms with Gasteiger partial charge in [-0.05, 0) is 62.6 Å². The molecule has 0 aliphatic heterocycles. The van der Waals surface area contributed by atoms with Crippen molar-refractivity contribution >= 4 is 0 Å². The van der Waals surface area contributed by atoms with Crippen LogP contribution in [-0.2, 0) is 12.8 Å². The lowest BCUT2D eigenvalue weighted by atomic mass is 9.95.